The second-order valence-electron chi connectivity index (χ2n) is 8.86. The maximum absolute atomic E-state index is 15.1. The molecule has 0 spiro atoms. The Balaban J connectivity index is 2.38. The second-order valence-corrected chi connectivity index (χ2v) is 8.86. The summed E-state index contributed by atoms with van der Waals surface area (Å²) in [5.74, 6) is -29.7. The zero-order valence-corrected chi connectivity index (χ0v) is 22.2. The molecule has 1 saturated carbocycles. The van der Waals surface area contributed by atoms with Crippen molar-refractivity contribution in [3.8, 4) is 18.2 Å². The summed E-state index contributed by atoms with van der Waals surface area (Å²) >= 11 is 0. The number of rotatable bonds is 3. The molecule has 3 aromatic carbocycles. The maximum atomic E-state index is 15.1. The summed E-state index contributed by atoms with van der Waals surface area (Å²) in [5.41, 5.74) is -21.3. The summed E-state index contributed by atoms with van der Waals surface area (Å²) in [5, 5.41) is 27.5. The minimum Gasteiger partial charge on any atom is -0.237 e. The fourth-order valence-corrected chi connectivity index (χ4v) is 4.43. The minimum absolute atomic E-state index is 0.776. The lowest BCUT2D eigenvalue weighted by Crippen LogP contribution is -2.06. The highest BCUT2D eigenvalue weighted by molar-refractivity contribution is 6.10. The van der Waals surface area contributed by atoms with E-state index < -0.39 is 137 Å². The first kappa shape index (κ1) is 33.9. The number of benzene rings is 3. The summed E-state index contributed by atoms with van der Waals surface area (Å²) in [6.45, 7) is 21.5. The standard InChI is InChI=1S/C30F12N6/c1-46-28(14-22(37)16(31)8(5-44)17(32)23(14)38)12-10(7(4-43)11-20(35)26(41)30(48-3)27(42)21(11)36)13(12)29(47-2)15-24(39)18(33)9(6-45)19(34)25(15)40/b28-12+,29-13+. The van der Waals surface area contributed by atoms with E-state index in [1.807, 2.05) is 0 Å². The molecule has 6 nitrogen and oxygen atoms in total. The van der Waals surface area contributed by atoms with Crippen LogP contribution in [0.15, 0.2) is 16.7 Å². The van der Waals surface area contributed by atoms with Gasteiger partial charge < -0.3 is 0 Å². The molecule has 18 heteroatoms. The van der Waals surface area contributed by atoms with Crippen molar-refractivity contribution in [3.05, 3.63) is 149 Å². The van der Waals surface area contributed by atoms with Crippen LogP contribution in [-0.4, -0.2) is 0 Å². The Kier molecular flexibility index (Phi) is 8.51. The third-order valence-electron chi connectivity index (χ3n) is 6.57. The van der Waals surface area contributed by atoms with Crippen LogP contribution in [0.25, 0.3) is 31.5 Å². The van der Waals surface area contributed by atoms with E-state index in [4.69, 9.17) is 30.2 Å². The average molecular weight is 672 g/mol. The van der Waals surface area contributed by atoms with Gasteiger partial charge in [0.1, 0.15) is 29.3 Å². The van der Waals surface area contributed by atoms with Crippen LogP contribution in [0.3, 0.4) is 0 Å². The topological polar surface area (TPSA) is 84.4 Å². The smallest absolute Gasteiger partial charge is 0.237 e. The van der Waals surface area contributed by atoms with Crippen LogP contribution < -0.4 is 0 Å². The molecule has 0 bridgehead atoms. The van der Waals surface area contributed by atoms with Crippen molar-refractivity contribution in [2.75, 3.05) is 0 Å². The van der Waals surface area contributed by atoms with Crippen LogP contribution in [0.4, 0.5) is 58.4 Å². The number of halogens is 12. The van der Waals surface area contributed by atoms with Gasteiger partial charge in [-0.05, 0) is 16.7 Å². The molecule has 1 aliphatic carbocycles. The second kappa shape index (κ2) is 12.1. The molecule has 0 N–H and O–H groups in total. The molecule has 3 aromatic rings. The van der Waals surface area contributed by atoms with Crippen LogP contribution in [0, 0.1) is 124 Å². The first-order chi connectivity index (χ1) is 22.6. The largest absolute Gasteiger partial charge is 0.262 e. The van der Waals surface area contributed by atoms with Crippen LogP contribution in [0.2, 0.25) is 0 Å². The molecule has 0 radical (unpaired) electrons. The number of hydrogen-bond donors (Lipinski definition) is 0. The third kappa shape index (κ3) is 4.57. The molecule has 0 saturated heterocycles. The Morgan fingerprint density at radius 1 is 0.438 bits per heavy atom. The molecular formula is C30F12N6. The number of allylic oxidation sites excluding steroid dienone is 4. The van der Waals surface area contributed by atoms with Gasteiger partial charge in [0.05, 0.1) is 42.0 Å². The predicted octanol–water partition coefficient (Wildman–Crippen LogP) is 8.60. The van der Waals surface area contributed by atoms with Crippen molar-refractivity contribution >= 4 is 22.7 Å². The van der Waals surface area contributed by atoms with Crippen LogP contribution in [0.1, 0.15) is 27.8 Å². The summed E-state index contributed by atoms with van der Waals surface area (Å²) < 4.78 is 177. The molecule has 0 amide bonds. The van der Waals surface area contributed by atoms with Gasteiger partial charge in [0.15, 0.2) is 69.8 Å². The van der Waals surface area contributed by atoms with Crippen LogP contribution in [-0.2, 0) is 0 Å². The van der Waals surface area contributed by atoms with E-state index in [0.29, 0.717) is 0 Å². The highest BCUT2D eigenvalue weighted by atomic mass is 19.2. The highest BCUT2D eigenvalue weighted by Crippen LogP contribution is 2.58. The quantitative estimate of drug-likeness (QED) is 0.121. The maximum Gasteiger partial charge on any atom is 0.262 e. The zero-order chi connectivity index (χ0) is 36.1. The molecule has 0 aliphatic heterocycles. The predicted molar refractivity (Wildman–Crippen MR) is 134 cm³/mol. The number of nitrogens with zero attached hydrogens (tertiary/aromatic N) is 6. The van der Waals surface area contributed by atoms with Gasteiger partial charge in [0, 0.05) is 0 Å². The van der Waals surface area contributed by atoms with E-state index in [-0.39, 0.29) is 0 Å². The first-order valence-corrected chi connectivity index (χ1v) is 11.8. The molecule has 1 aliphatic rings. The fraction of sp³-hybridized carbons (Fsp3) is 0. The van der Waals surface area contributed by atoms with Crippen molar-refractivity contribution in [2.45, 2.75) is 0 Å². The van der Waals surface area contributed by atoms with Gasteiger partial charge in [0.25, 0.3) is 5.69 Å². The monoisotopic (exact) mass is 672 g/mol. The Labute approximate surface area is 258 Å². The Bertz CT molecular complexity index is 2070. The normalized spacial score (nSPS) is 13.8. The van der Waals surface area contributed by atoms with E-state index in [1.165, 1.54) is 0 Å². The zero-order valence-electron chi connectivity index (χ0n) is 22.2. The Morgan fingerprint density at radius 2 is 0.750 bits per heavy atom. The lowest BCUT2D eigenvalue weighted by molar-refractivity contribution is 0.446. The van der Waals surface area contributed by atoms with E-state index in [2.05, 4.69) is 14.5 Å². The van der Waals surface area contributed by atoms with Crippen molar-refractivity contribution in [3.63, 3.8) is 0 Å². The van der Waals surface area contributed by atoms with E-state index in [0.717, 1.165) is 18.2 Å². The Morgan fingerprint density at radius 3 is 1.00 bits per heavy atom. The molecule has 4 rings (SSSR count). The Hall–Kier alpha value is -7.02. The first-order valence-electron chi connectivity index (χ1n) is 11.8. The lowest BCUT2D eigenvalue weighted by Gasteiger charge is -2.08. The molecule has 0 heterocycles. The lowest BCUT2D eigenvalue weighted by atomic mass is 10.0. The van der Waals surface area contributed by atoms with E-state index in [9.17, 15) is 31.6 Å². The molecule has 0 unspecified atom stereocenters. The summed E-state index contributed by atoms with van der Waals surface area (Å²) in [6, 6.07) is 2.53. The average Bonchev–Trinajstić information content (AvgIpc) is 3.78. The molecule has 234 valence electrons. The van der Waals surface area contributed by atoms with Gasteiger partial charge in [-0.3, -0.25) is 0 Å². The van der Waals surface area contributed by atoms with Crippen molar-refractivity contribution in [1.82, 2.24) is 0 Å². The third-order valence-corrected chi connectivity index (χ3v) is 6.57. The summed E-state index contributed by atoms with van der Waals surface area (Å²) in [7, 11) is 0. The van der Waals surface area contributed by atoms with Gasteiger partial charge in [-0.1, -0.05) is 0 Å². The molecule has 48 heavy (non-hydrogen) atoms. The van der Waals surface area contributed by atoms with Crippen molar-refractivity contribution < 1.29 is 52.7 Å². The van der Waals surface area contributed by atoms with Gasteiger partial charge in [-0.25, -0.2) is 67.2 Å². The summed E-state index contributed by atoms with van der Waals surface area (Å²) in [4.78, 5) is 7.47. The van der Waals surface area contributed by atoms with E-state index >= 15 is 26.3 Å². The fourth-order valence-electron chi connectivity index (χ4n) is 4.43. The van der Waals surface area contributed by atoms with Gasteiger partial charge in [0.2, 0.25) is 11.4 Å². The minimum atomic E-state index is -2.51. The molecule has 0 aromatic heterocycles. The molecular weight excluding hydrogens is 672 g/mol. The summed E-state index contributed by atoms with van der Waals surface area (Å²) in [6.07, 6.45) is 0. The number of hydrogen-bond acceptors (Lipinski definition) is 3. The molecule has 0 atom stereocenters. The van der Waals surface area contributed by atoms with Crippen molar-refractivity contribution in [1.29, 1.82) is 15.8 Å². The SMILES string of the molecule is [C-]#[N+]/C(=C1\C(=C(C#N)c2c(F)c(F)c([N+]#[C-])c(F)c2F)\C1=C(/[N+]#[C-])c1c(F)c(F)c(C#N)c(F)c1F)c1c(F)c(F)c(C#N)c(F)c1F. The van der Waals surface area contributed by atoms with E-state index in [1.54, 1.807) is 0 Å². The number of nitriles is 3. The van der Waals surface area contributed by atoms with Crippen molar-refractivity contribution in [2.24, 2.45) is 0 Å². The van der Waals surface area contributed by atoms with Gasteiger partial charge >= 0.3 is 0 Å². The van der Waals surface area contributed by atoms with Crippen LogP contribution in [0.5, 0.6) is 0 Å². The van der Waals surface area contributed by atoms with Gasteiger partial charge in [-0.2, -0.15) is 15.8 Å². The highest BCUT2D eigenvalue weighted by Gasteiger charge is 2.46. The van der Waals surface area contributed by atoms with Crippen LogP contribution >= 0.6 is 0 Å². The molecule has 1 fully saturated rings. The van der Waals surface area contributed by atoms with Gasteiger partial charge in [-0.15, -0.1) is 0 Å².